The number of piperidine rings is 1. The van der Waals surface area contributed by atoms with E-state index in [4.69, 9.17) is 0 Å². The number of sulfonamides is 1. The second-order valence-electron chi connectivity index (χ2n) is 8.78. The predicted octanol–water partition coefficient (Wildman–Crippen LogP) is 1.92. The van der Waals surface area contributed by atoms with Gasteiger partial charge in [0.1, 0.15) is 0 Å². The molecule has 0 spiro atoms. The summed E-state index contributed by atoms with van der Waals surface area (Å²) in [6.45, 7) is 5.14. The smallest absolute Gasteiger partial charge is 0.214 e. The van der Waals surface area contributed by atoms with Gasteiger partial charge >= 0.3 is 0 Å². The third-order valence-electron chi connectivity index (χ3n) is 6.60. The van der Waals surface area contributed by atoms with Crippen LogP contribution in [0.2, 0.25) is 0 Å². The molecule has 1 saturated heterocycles. The third-order valence-corrected chi connectivity index (χ3v) is 8.67. The molecule has 2 saturated carbocycles. The Morgan fingerprint density at radius 3 is 2.33 bits per heavy atom. The minimum atomic E-state index is -3.14. The Balaban J connectivity index is 1.48. The van der Waals surface area contributed by atoms with Crippen LogP contribution in [-0.4, -0.2) is 67.8 Å². The molecular weight excluding hydrogens is 324 g/mol. The average molecular weight is 359 g/mol. The van der Waals surface area contributed by atoms with Crippen molar-refractivity contribution in [3.8, 4) is 0 Å². The van der Waals surface area contributed by atoms with Gasteiger partial charge in [-0.1, -0.05) is 0 Å². The van der Waals surface area contributed by atoms with E-state index in [0.29, 0.717) is 18.2 Å². The number of aliphatic hydroxyl groups is 1. The van der Waals surface area contributed by atoms with Crippen molar-refractivity contribution in [3.63, 3.8) is 0 Å². The summed E-state index contributed by atoms with van der Waals surface area (Å²) in [5.41, 5.74) is 0.0956. The second kappa shape index (κ2) is 7.22. The van der Waals surface area contributed by atoms with Crippen LogP contribution < -0.4 is 0 Å². The third kappa shape index (κ3) is 4.32. The van der Waals surface area contributed by atoms with Crippen molar-refractivity contribution < 1.29 is 13.5 Å². The fourth-order valence-corrected chi connectivity index (χ4v) is 7.05. The van der Waals surface area contributed by atoms with Gasteiger partial charge in [0.15, 0.2) is 0 Å². The Morgan fingerprint density at radius 2 is 1.83 bits per heavy atom. The Morgan fingerprint density at radius 1 is 1.21 bits per heavy atom. The average Bonchev–Trinajstić information content (AvgIpc) is 3.08. The number of likely N-dealkylation sites (tertiary alicyclic amines) is 1. The van der Waals surface area contributed by atoms with Gasteiger partial charge in [-0.05, 0) is 82.2 Å². The number of aliphatic hydroxyl groups excluding tert-OH is 1. The molecule has 1 N–H and O–H groups in total. The molecule has 3 rings (SSSR count). The Bertz CT molecular complexity index is 518. The minimum absolute atomic E-state index is 0.0956. The fraction of sp³-hybridized carbons (Fsp3) is 1.00. The Hall–Kier alpha value is -0.170. The Labute approximate surface area is 147 Å². The number of fused-ring (bicyclic) bond motifs is 2. The molecule has 0 aromatic rings. The van der Waals surface area contributed by atoms with Crippen LogP contribution in [0.4, 0.5) is 0 Å². The van der Waals surface area contributed by atoms with Gasteiger partial charge in [0, 0.05) is 20.1 Å². The first-order valence-electron chi connectivity index (χ1n) is 9.62. The summed E-state index contributed by atoms with van der Waals surface area (Å²) in [6, 6.07) is 0. The molecule has 6 heteroatoms. The molecule has 24 heavy (non-hydrogen) atoms. The number of hydrogen-bond acceptors (Lipinski definition) is 4. The van der Waals surface area contributed by atoms with E-state index in [0.717, 1.165) is 57.7 Å². The molecule has 2 bridgehead atoms. The first kappa shape index (κ1) is 18.6. The molecule has 0 aromatic carbocycles. The molecule has 1 aliphatic heterocycles. The first-order valence-corrected chi connectivity index (χ1v) is 11.2. The summed E-state index contributed by atoms with van der Waals surface area (Å²) in [7, 11) is -1.37. The lowest BCUT2D eigenvalue weighted by Gasteiger charge is -2.35. The van der Waals surface area contributed by atoms with Crippen LogP contribution in [-0.2, 0) is 10.0 Å². The molecule has 0 radical (unpaired) electrons. The summed E-state index contributed by atoms with van der Waals surface area (Å²) < 4.78 is 27.3. The number of rotatable bonds is 7. The predicted molar refractivity (Wildman–Crippen MR) is 96.3 cm³/mol. The van der Waals surface area contributed by atoms with Gasteiger partial charge in [-0.25, -0.2) is 12.7 Å². The molecule has 2 aliphatic carbocycles. The lowest BCUT2D eigenvalue weighted by Crippen LogP contribution is -2.43. The van der Waals surface area contributed by atoms with Gasteiger partial charge in [0.25, 0.3) is 0 Å². The number of β-amino-alcohol motifs (C(OH)–C–C–N with tert-alkyl or cyclic N) is 1. The monoisotopic (exact) mass is 358 g/mol. The highest BCUT2D eigenvalue weighted by Crippen LogP contribution is 2.54. The molecule has 5 nitrogen and oxygen atoms in total. The largest absolute Gasteiger partial charge is 0.392 e. The Kier molecular flexibility index (Phi) is 5.60. The molecule has 0 amide bonds. The van der Waals surface area contributed by atoms with Crippen molar-refractivity contribution in [1.29, 1.82) is 0 Å². The molecule has 1 atom stereocenters. The van der Waals surface area contributed by atoms with E-state index in [1.165, 1.54) is 12.8 Å². The van der Waals surface area contributed by atoms with Crippen molar-refractivity contribution in [2.45, 2.75) is 58.0 Å². The summed E-state index contributed by atoms with van der Waals surface area (Å²) in [5, 5.41) is 9.48. The topological polar surface area (TPSA) is 60.9 Å². The van der Waals surface area contributed by atoms with E-state index in [9.17, 15) is 13.5 Å². The minimum Gasteiger partial charge on any atom is -0.392 e. The maximum atomic E-state index is 12.8. The van der Waals surface area contributed by atoms with Crippen molar-refractivity contribution in [2.75, 3.05) is 39.0 Å². The fourth-order valence-electron chi connectivity index (χ4n) is 5.21. The van der Waals surface area contributed by atoms with Crippen molar-refractivity contribution in [3.05, 3.63) is 0 Å². The highest BCUT2D eigenvalue weighted by Gasteiger charge is 2.47. The molecular formula is C18H34N2O3S. The molecule has 0 aromatic heterocycles. The van der Waals surface area contributed by atoms with E-state index in [1.807, 2.05) is 6.92 Å². The molecule has 3 aliphatic rings. The van der Waals surface area contributed by atoms with Crippen molar-refractivity contribution >= 4 is 10.0 Å². The van der Waals surface area contributed by atoms with E-state index in [2.05, 4.69) is 4.90 Å². The molecule has 1 heterocycles. The molecule has 140 valence electrons. The SMILES string of the molecule is CC(O)CN1CCC(CN(C)S(=O)(=O)CC23CCC(CC2)C3)CC1. The lowest BCUT2D eigenvalue weighted by atomic mass is 9.87. The van der Waals surface area contributed by atoms with Crippen LogP contribution in [0.25, 0.3) is 0 Å². The van der Waals surface area contributed by atoms with Gasteiger partial charge in [-0.3, -0.25) is 0 Å². The first-order chi connectivity index (χ1) is 11.3. The second-order valence-corrected chi connectivity index (χ2v) is 10.9. The zero-order valence-corrected chi connectivity index (χ0v) is 16.1. The quantitative estimate of drug-likeness (QED) is 0.755. The van der Waals surface area contributed by atoms with Crippen LogP contribution in [0.15, 0.2) is 0 Å². The van der Waals surface area contributed by atoms with Crippen LogP contribution in [0.5, 0.6) is 0 Å². The zero-order valence-electron chi connectivity index (χ0n) is 15.3. The van der Waals surface area contributed by atoms with E-state index in [-0.39, 0.29) is 11.5 Å². The van der Waals surface area contributed by atoms with Crippen LogP contribution in [0.3, 0.4) is 0 Å². The summed E-state index contributed by atoms with van der Waals surface area (Å²) in [5.74, 6) is 1.62. The maximum Gasteiger partial charge on any atom is 0.214 e. The maximum absolute atomic E-state index is 12.8. The van der Waals surface area contributed by atoms with Crippen LogP contribution in [0.1, 0.15) is 51.9 Å². The van der Waals surface area contributed by atoms with Crippen molar-refractivity contribution in [1.82, 2.24) is 9.21 Å². The van der Waals surface area contributed by atoms with Gasteiger partial charge in [0.05, 0.1) is 11.9 Å². The summed E-state index contributed by atoms with van der Waals surface area (Å²) in [4.78, 5) is 2.28. The van der Waals surface area contributed by atoms with E-state index in [1.54, 1.807) is 11.4 Å². The van der Waals surface area contributed by atoms with Gasteiger partial charge in [0.2, 0.25) is 10.0 Å². The zero-order chi connectivity index (χ0) is 17.4. The van der Waals surface area contributed by atoms with Crippen LogP contribution in [0, 0.1) is 17.3 Å². The lowest BCUT2D eigenvalue weighted by molar-refractivity contribution is 0.0972. The van der Waals surface area contributed by atoms with E-state index >= 15 is 0 Å². The normalized spacial score (nSPS) is 33.4. The van der Waals surface area contributed by atoms with Gasteiger partial charge < -0.3 is 10.0 Å². The highest BCUT2D eigenvalue weighted by atomic mass is 32.2. The van der Waals surface area contributed by atoms with Gasteiger partial charge in [-0.2, -0.15) is 0 Å². The summed E-state index contributed by atoms with van der Waals surface area (Å²) in [6.07, 6.45) is 7.61. The number of nitrogens with zero attached hydrogens (tertiary/aromatic N) is 2. The van der Waals surface area contributed by atoms with Crippen LogP contribution >= 0.6 is 0 Å². The van der Waals surface area contributed by atoms with Gasteiger partial charge in [-0.15, -0.1) is 0 Å². The van der Waals surface area contributed by atoms with E-state index < -0.39 is 10.0 Å². The standard InChI is InChI=1S/C18H34N2O3S/c1-15(21)12-20-9-5-17(6-10-20)13-19(2)24(22,23)14-18-7-3-16(11-18)4-8-18/h15-17,21H,3-14H2,1-2H3. The molecule has 3 fully saturated rings. The summed E-state index contributed by atoms with van der Waals surface area (Å²) >= 11 is 0. The number of hydrogen-bond donors (Lipinski definition) is 1. The molecule has 1 unspecified atom stereocenters. The highest BCUT2D eigenvalue weighted by molar-refractivity contribution is 7.89. The van der Waals surface area contributed by atoms with Crippen molar-refractivity contribution in [2.24, 2.45) is 17.3 Å².